The van der Waals surface area contributed by atoms with Gasteiger partial charge in [-0.15, -0.1) is 11.3 Å². The van der Waals surface area contributed by atoms with Gasteiger partial charge < -0.3 is 15.2 Å². The fourth-order valence-electron chi connectivity index (χ4n) is 1.69. The molecule has 96 valence electrons. The molecule has 2 N–H and O–H groups in total. The van der Waals surface area contributed by atoms with Crippen molar-refractivity contribution in [3.8, 4) is 11.5 Å². The van der Waals surface area contributed by atoms with Crippen molar-refractivity contribution in [2.24, 2.45) is 5.73 Å². The molecule has 1 atom stereocenters. The van der Waals surface area contributed by atoms with Crippen LogP contribution in [0.25, 0.3) is 0 Å². The lowest BCUT2D eigenvalue weighted by Gasteiger charge is -2.14. The molecule has 1 heterocycles. The Morgan fingerprint density at radius 1 is 1.33 bits per heavy atom. The van der Waals surface area contributed by atoms with Crippen molar-refractivity contribution in [3.05, 3.63) is 46.2 Å². The van der Waals surface area contributed by atoms with Gasteiger partial charge in [0.25, 0.3) is 0 Å². The van der Waals surface area contributed by atoms with Gasteiger partial charge in [0, 0.05) is 22.5 Å². The number of ether oxygens (including phenoxy) is 2. The van der Waals surface area contributed by atoms with Crippen molar-refractivity contribution in [2.75, 3.05) is 7.11 Å². The highest BCUT2D eigenvalue weighted by Gasteiger charge is 2.10. The molecule has 1 unspecified atom stereocenters. The van der Waals surface area contributed by atoms with E-state index in [4.69, 9.17) is 15.2 Å². The zero-order valence-electron chi connectivity index (χ0n) is 10.6. The molecule has 2 rings (SSSR count). The van der Waals surface area contributed by atoms with Crippen LogP contribution < -0.4 is 15.2 Å². The molecule has 4 heteroatoms. The van der Waals surface area contributed by atoms with E-state index in [2.05, 4.69) is 6.07 Å². The molecule has 0 aliphatic heterocycles. The summed E-state index contributed by atoms with van der Waals surface area (Å²) >= 11 is 1.68. The molecule has 2 aromatic rings. The molecule has 18 heavy (non-hydrogen) atoms. The fraction of sp³-hybridized carbons (Fsp3) is 0.286. The summed E-state index contributed by atoms with van der Waals surface area (Å²) in [6.07, 6.45) is 0. The number of nitrogens with two attached hydrogens (primary N) is 1. The highest BCUT2D eigenvalue weighted by Crippen LogP contribution is 2.29. The van der Waals surface area contributed by atoms with Crippen LogP contribution in [0.5, 0.6) is 11.5 Å². The van der Waals surface area contributed by atoms with Crippen LogP contribution in [-0.2, 0) is 6.61 Å². The van der Waals surface area contributed by atoms with Gasteiger partial charge in [-0.2, -0.15) is 0 Å². The fourth-order valence-corrected chi connectivity index (χ4v) is 2.30. The molecule has 0 amide bonds. The van der Waals surface area contributed by atoms with Gasteiger partial charge in [0.2, 0.25) is 0 Å². The van der Waals surface area contributed by atoms with Crippen LogP contribution in [0.2, 0.25) is 0 Å². The first-order chi connectivity index (χ1) is 8.70. The third kappa shape index (κ3) is 3.03. The monoisotopic (exact) mass is 263 g/mol. The molecule has 3 nitrogen and oxygen atoms in total. The second kappa shape index (κ2) is 5.89. The summed E-state index contributed by atoms with van der Waals surface area (Å²) < 4.78 is 11.0. The molecule has 0 aliphatic carbocycles. The summed E-state index contributed by atoms with van der Waals surface area (Å²) in [5.41, 5.74) is 6.93. The van der Waals surface area contributed by atoms with Crippen LogP contribution in [0, 0.1) is 0 Å². The Morgan fingerprint density at radius 2 is 2.17 bits per heavy atom. The third-order valence-corrected chi connectivity index (χ3v) is 3.51. The van der Waals surface area contributed by atoms with Gasteiger partial charge in [0.15, 0.2) is 0 Å². The maximum atomic E-state index is 5.94. The summed E-state index contributed by atoms with van der Waals surface area (Å²) in [6.45, 7) is 2.50. The predicted octanol–water partition coefficient (Wildman–Crippen LogP) is 3.36. The van der Waals surface area contributed by atoms with Crippen LogP contribution in [-0.4, -0.2) is 7.11 Å². The third-order valence-electron chi connectivity index (χ3n) is 2.66. The summed E-state index contributed by atoms with van der Waals surface area (Å²) in [6, 6.07) is 9.74. The zero-order chi connectivity index (χ0) is 13.0. The Morgan fingerprint density at radius 3 is 2.78 bits per heavy atom. The molecule has 0 saturated heterocycles. The highest BCUT2D eigenvalue weighted by atomic mass is 32.1. The maximum Gasteiger partial charge on any atom is 0.128 e. The molecule has 0 fully saturated rings. The largest absolute Gasteiger partial charge is 0.497 e. The molecule has 1 aromatic heterocycles. The van der Waals surface area contributed by atoms with Gasteiger partial charge in [-0.1, -0.05) is 12.1 Å². The van der Waals surface area contributed by atoms with Gasteiger partial charge in [-0.05, 0) is 24.4 Å². The van der Waals surface area contributed by atoms with Crippen LogP contribution in [0.3, 0.4) is 0 Å². The SMILES string of the molecule is COc1ccc(C(C)N)c(OCc2cccs2)c1. The molecule has 0 bridgehead atoms. The number of thiophene rings is 1. The van der Waals surface area contributed by atoms with Crippen molar-refractivity contribution in [3.63, 3.8) is 0 Å². The lowest BCUT2D eigenvalue weighted by Crippen LogP contribution is -2.08. The maximum absolute atomic E-state index is 5.94. The molecule has 0 radical (unpaired) electrons. The van der Waals surface area contributed by atoms with Crippen LogP contribution in [0.15, 0.2) is 35.7 Å². The summed E-state index contributed by atoms with van der Waals surface area (Å²) in [7, 11) is 1.64. The molecule has 1 aromatic carbocycles. The van der Waals surface area contributed by atoms with Crippen molar-refractivity contribution in [1.29, 1.82) is 0 Å². The quantitative estimate of drug-likeness (QED) is 0.899. The lowest BCUT2D eigenvalue weighted by atomic mass is 10.1. The number of benzene rings is 1. The first-order valence-electron chi connectivity index (χ1n) is 5.79. The number of hydrogen-bond acceptors (Lipinski definition) is 4. The van der Waals surface area contributed by atoms with E-state index in [-0.39, 0.29) is 6.04 Å². The van der Waals surface area contributed by atoms with Crippen LogP contribution in [0.4, 0.5) is 0 Å². The summed E-state index contributed by atoms with van der Waals surface area (Å²) in [5, 5.41) is 2.04. The number of methoxy groups -OCH3 is 1. The van der Waals surface area contributed by atoms with Gasteiger partial charge in [-0.25, -0.2) is 0 Å². The highest BCUT2D eigenvalue weighted by molar-refractivity contribution is 7.09. The van der Waals surface area contributed by atoms with Gasteiger partial charge in [-0.3, -0.25) is 0 Å². The van der Waals surface area contributed by atoms with Crippen LogP contribution in [0.1, 0.15) is 23.4 Å². The van der Waals surface area contributed by atoms with E-state index >= 15 is 0 Å². The standard InChI is InChI=1S/C14H17NO2S/c1-10(15)13-6-5-11(16-2)8-14(13)17-9-12-4-3-7-18-12/h3-8,10H,9,15H2,1-2H3. The van der Waals surface area contributed by atoms with Gasteiger partial charge in [0.1, 0.15) is 18.1 Å². The van der Waals surface area contributed by atoms with E-state index in [0.29, 0.717) is 6.61 Å². The van der Waals surface area contributed by atoms with E-state index in [1.165, 1.54) is 4.88 Å². The van der Waals surface area contributed by atoms with Gasteiger partial charge >= 0.3 is 0 Å². The second-order valence-corrected chi connectivity index (χ2v) is 5.09. The Labute approximate surface area is 111 Å². The van der Waals surface area contributed by atoms with Crippen molar-refractivity contribution in [2.45, 2.75) is 19.6 Å². The van der Waals surface area contributed by atoms with E-state index in [1.807, 2.05) is 36.6 Å². The summed E-state index contributed by atoms with van der Waals surface area (Å²) in [4.78, 5) is 1.19. The smallest absolute Gasteiger partial charge is 0.128 e. The number of hydrogen-bond donors (Lipinski definition) is 1. The molecular weight excluding hydrogens is 246 g/mol. The molecule has 0 saturated carbocycles. The minimum absolute atomic E-state index is 0.0609. The Kier molecular flexibility index (Phi) is 4.23. The Balaban J connectivity index is 2.18. The number of rotatable bonds is 5. The topological polar surface area (TPSA) is 44.5 Å². The average molecular weight is 263 g/mol. The lowest BCUT2D eigenvalue weighted by molar-refractivity contribution is 0.302. The zero-order valence-corrected chi connectivity index (χ0v) is 11.4. The molecule has 0 aliphatic rings. The summed E-state index contributed by atoms with van der Waals surface area (Å²) in [5.74, 6) is 1.57. The minimum atomic E-state index is -0.0609. The average Bonchev–Trinajstić information content (AvgIpc) is 2.88. The van der Waals surface area contributed by atoms with Crippen molar-refractivity contribution >= 4 is 11.3 Å². The normalized spacial score (nSPS) is 12.2. The van der Waals surface area contributed by atoms with E-state index in [1.54, 1.807) is 18.4 Å². The first kappa shape index (κ1) is 12.9. The first-order valence-corrected chi connectivity index (χ1v) is 6.67. The Hall–Kier alpha value is -1.52. The van der Waals surface area contributed by atoms with Gasteiger partial charge in [0.05, 0.1) is 7.11 Å². The van der Waals surface area contributed by atoms with Crippen molar-refractivity contribution < 1.29 is 9.47 Å². The predicted molar refractivity (Wildman–Crippen MR) is 74.2 cm³/mol. The molecular formula is C14H17NO2S. The second-order valence-electron chi connectivity index (χ2n) is 4.06. The van der Waals surface area contributed by atoms with E-state index in [9.17, 15) is 0 Å². The minimum Gasteiger partial charge on any atom is -0.497 e. The van der Waals surface area contributed by atoms with E-state index < -0.39 is 0 Å². The van der Waals surface area contributed by atoms with Crippen LogP contribution >= 0.6 is 11.3 Å². The Bertz CT molecular complexity index is 495. The van der Waals surface area contributed by atoms with E-state index in [0.717, 1.165) is 17.1 Å². The molecule has 0 spiro atoms. The van der Waals surface area contributed by atoms with Crippen molar-refractivity contribution in [1.82, 2.24) is 0 Å².